The van der Waals surface area contributed by atoms with E-state index in [0.29, 0.717) is 13.2 Å². The van der Waals surface area contributed by atoms with Crippen molar-refractivity contribution in [2.75, 3.05) is 13.2 Å². The van der Waals surface area contributed by atoms with Crippen LogP contribution in [0.1, 0.15) is 26.7 Å². The summed E-state index contributed by atoms with van der Waals surface area (Å²) < 4.78 is 5.25. The number of nitrogens with one attached hydrogen (secondary N) is 1. The minimum atomic E-state index is -0.403. The first kappa shape index (κ1) is 12.4. The van der Waals surface area contributed by atoms with E-state index in [1.165, 1.54) is 0 Å². The molecule has 0 radical (unpaired) electrons. The average molecular weight is 230 g/mol. The first-order chi connectivity index (χ1) is 6.94. The van der Waals surface area contributed by atoms with Crippen LogP contribution in [0.5, 0.6) is 0 Å². The highest BCUT2D eigenvalue weighted by Crippen LogP contribution is 2.20. The van der Waals surface area contributed by atoms with Crippen LogP contribution in [0.25, 0.3) is 0 Å². The van der Waals surface area contributed by atoms with Gasteiger partial charge >= 0.3 is 0 Å². The number of ether oxygens (including phenoxy) is 1. The van der Waals surface area contributed by atoms with E-state index in [2.05, 4.69) is 5.32 Å². The Morgan fingerprint density at radius 3 is 2.53 bits per heavy atom. The Hall–Kier alpha value is -0.680. The van der Waals surface area contributed by atoms with E-state index in [-0.39, 0.29) is 16.4 Å². The van der Waals surface area contributed by atoms with E-state index < -0.39 is 5.92 Å². The standard InChI is InChI=1S/C10H18N2O2S/c1-7(8(11)15)9(13)12-10(2)3-5-14-6-4-10/h7H,3-6H2,1-2H3,(H2,11,15)(H,12,13). The summed E-state index contributed by atoms with van der Waals surface area (Å²) >= 11 is 4.79. The molecule has 1 fully saturated rings. The van der Waals surface area contributed by atoms with Gasteiger partial charge in [0.15, 0.2) is 0 Å². The van der Waals surface area contributed by atoms with E-state index in [1.807, 2.05) is 6.92 Å². The lowest BCUT2D eigenvalue weighted by atomic mass is 9.91. The molecule has 0 aliphatic carbocycles. The van der Waals surface area contributed by atoms with Crippen molar-refractivity contribution in [3.63, 3.8) is 0 Å². The molecule has 0 saturated carbocycles. The van der Waals surface area contributed by atoms with Crippen molar-refractivity contribution in [2.45, 2.75) is 32.2 Å². The zero-order valence-corrected chi connectivity index (χ0v) is 10.0. The van der Waals surface area contributed by atoms with Crippen LogP contribution in [-0.2, 0) is 9.53 Å². The molecule has 3 N–H and O–H groups in total. The summed E-state index contributed by atoms with van der Waals surface area (Å²) in [5.41, 5.74) is 5.26. The maximum absolute atomic E-state index is 11.7. The van der Waals surface area contributed by atoms with Crippen molar-refractivity contribution in [2.24, 2.45) is 11.7 Å². The highest BCUT2D eigenvalue weighted by atomic mass is 32.1. The number of hydrogen-bond donors (Lipinski definition) is 2. The third-order valence-electron chi connectivity index (χ3n) is 2.84. The lowest BCUT2D eigenvalue weighted by Gasteiger charge is -2.35. The molecule has 15 heavy (non-hydrogen) atoms. The van der Waals surface area contributed by atoms with E-state index >= 15 is 0 Å². The van der Waals surface area contributed by atoms with E-state index in [4.69, 9.17) is 22.7 Å². The third kappa shape index (κ3) is 3.43. The second-order valence-corrected chi connectivity index (χ2v) is 4.76. The molecule has 1 unspecified atom stereocenters. The highest BCUT2D eigenvalue weighted by Gasteiger charge is 2.30. The zero-order chi connectivity index (χ0) is 11.5. The van der Waals surface area contributed by atoms with Crippen LogP contribution in [-0.4, -0.2) is 29.6 Å². The van der Waals surface area contributed by atoms with Gasteiger partial charge in [0.1, 0.15) is 0 Å². The van der Waals surface area contributed by atoms with Crippen LogP contribution < -0.4 is 11.1 Å². The van der Waals surface area contributed by atoms with Crippen LogP contribution in [0.4, 0.5) is 0 Å². The summed E-state index contributed by atoms with van der Waals surface area (Å²) in [6, 6.07) is 0. The quantitative estimate of drug-likeness (QED) is 0.697. The van der Waals surface area contributed by atoms with Crippen LogP contribution in [0.2, 0.25) is 0 Å². The molecule has 1 amide bonds. The Balaban J connectivity index is 2.52. The van der Waals surface area contributed by atoms with Gasteiger partial charge in [-0.25, -0.2) is 0 Å². The SMILES string of the molecule is CC(C(=O)NC1(C)CCOCC1)C(N)=S. The predicted octanol–water partition coefficient (Wildman–Crippen LogP) is 0.594. The zero-order valence-electron chi connectivity index (χ0n) is 9.21. The fourth-order valence-corrected chi connectivity index (χ4v) is 1.59. The fraction of sp³-hybridized carbons (Fsp3) is 0.800. The van der Waals surface area contributed by atoms with Crippen molar-refractivity contribution >= 4 is 23.1 Å². The second-order valence-electron chi connectivity index (χ2n) is 4.29. The summed E-state index contributed by atoms with van der Waals surface area (Å²) in [6.45, 7) is 5.14. The highest BCUT2D eigenvalue weighted by molar-refractivity contribution is 7.80. The van der Waals surface area contributed by atoms with E-state index in [0.717, 1.165) is 12.8 Å². The molecule has 1 heterocycles. The van der Waals surface area contributed by atoms with Crippen molar-refractivity contribution in [3.8, 4) is 0 Å². The maximum Gasteiger partial charge on any atom is 0.230 e. The van der Waals surface area contributed by atoms with Gasteiger partial charge in [-0.05, 0) is 26.7 Å². The van der Waals surface area contributed by atoms with Gasteiger partial charge in [0.25, 0.3) is 0 Å². The summed E-state index contributed by atoms with van der Waals surface area (Å²) in [5, 5.41) is 2.99. The topological polar surface area (TPSA) is 64.3 Å². The van der Waals surface area contributed by atoms with Crippen LogP contribution in [0.3, 0.4) is 0 Å². The molecule has 0 aromatic rings. The first-order valence-corrected chi connectivity index (χ1v) is 5.54. The van der Waals surface area contributed by atoms with Gasteiger partial charge in [0, 0.05) is 18.8 Å². The molecule has 0 aromatic heterocycles. The molecule has 1 saturated heterocycles. The number of carbonyl (C=O) groups excluding carboxylic acids is 1. The molecule has 86 valence electrons. The lowest BCUT2D eigenvalue weighted by molar-refractivity contribution is -0.125. The number of carbonyl (C=O) groups is 1. The average Bonchev–Trinajstić information content (AvgIpc) is 2.16. The van der Waals surface area contributed by atoms with Crippen molar-refractivity contribution < 1.29 is 9.53 Å². The number of rotatable bonds is 3. The Labute approximate surface area is 95.5 Å². The summed E-state index contributed by atoms with van der Waals surface area (Å²) in [5.74, 6) is -0.494. The maximum atomic E-state index is 11.7. The van der Waals surface area contributed by atoms with Gasteiger partial charge in [-0.3, -0.25) is 4.79 Å². The Morgan fingerprint density at radius 1 is 1.53 bits per heavy atom. The number of nitrogens with two attached hydrogens (primary N) is 1. The number of hydrogen-bond acceptors (Lipinski definition) is 3. The smallest absolute Gasteiger partial charge is 0.230 e. The summed E-state index contributed by atoms with van der Waals surface area (Å²) in [4.78, 5) is 12.0. The molecule has 1 aliphatic rings. The third-order valence-corrected chi connectivity index (χ3v) is 3.19. The number of thiocarbonyl (C=S) groups is 1. The monoisotopic (exact) mass is 230 g/mol. The van der Waals surface area contributed by atoms with Gasteiger partial charge in [0.2, 0.25) is 5.91 Å². The summed E-state index contributed by atoms with van der Waals surface area (Å²) in [6.07, 6.45) is 1.67. The fourth-order valence-electron chi connectivity index (χ4n) is 1.48. The lowest BCUT2D eigenvalue weighted by Crippen LogP contribution is -2.52. The first-order valence-electron chi connectivity index (χ1n) is 5.14. The molecule has 5 heteroatoms. The molecule has 1 atom stereocenters. The normalized spacial score (nSPS) is 21.7. The van der Waals surface area contributed by atoms with Crippen molar-refractivity contribution in [1.29, 1.82) is 0 Å². The predicted molar refractivity (Wildman–Crippen MR) is 62.6 cm³/mol. The Kier molecular flexibility index (Phi) is 4.04. The van der Waals surface area contributed by atoms with Gasteiger partial charge in [-0.15, -0.1) is 0 Å². The number of amides is 1. The molecular weight excluding hydrogens is 212 g/mol. The van der Waals surface area contributed by atoms with Crippen LogP contribution in [0.15, 0.2) is 0 Å². The minimum Gasteiger partial charge on any atom is -0.393 e. The summed E-state index contributed by atoms with van der Waals surface area (Å²) in [7, 11) is 0. The molecule has 1 rings (SSSR count). The molecule has 4 nitrogen and oxygen atoms in total. The van der Waals surface area contributed by atoms with Gasteiger partial charge in [-0.1, -0.05) is 12.2 Å². The van der Waals surface area contributed by atoms with E-state index in [1.54, 1.807) is 6.92 Å². The second kappa shape index (κ2) is 4.90. The Morgan fingerprint density at radius 2 is 2.07 bits per heavy atom. The van der Waals surface area contributed by atoms with Crippen LogP contribution >= 0.6 is 12.2 Å². The van der Waals surface area contributed by atoms with Gasteiger partial charge in [0.05, 0.1) is 10.9 Å². The van der Waals surface area contributed by atoms with Crippen molar-refractivity contribution in [3.05, 3.63) is 0 Å². The molecule has 0 aromatic carbocycles. The van der Waals surface area contributed by atoms with E-state index in [9.17, 15) is 4.79 Å². The molecule has 0 spiro atoms. The van der Waals surface area contributed by atoms with Crippen LogP contribution in [0, 0.1) is 5.92 Å². The van der Waals surface area contributed by atoms with Gasteiger partial charge < -0.3 is 15.8 Å². The minimum absolute atomic E-state index is 0.0908. The molecule has 0 bridgehead atoms. The molecule has 1 aliphatic heterocycles. The largest absolute Gasteiger partial charge is 0.393 e. The van der Waals surface area contributed by atoms with Crippen molar-refractivity contribution in [1.82, 2.24) is 5.32 Å². The van der Waals surface area contributed by atoms with Gasteiger partial charge in [-0.2, -0.15) is 0 Å². The molecular formula is C10H18N2O2S. The Bertz CT molecular complexity index is 262.